The number of carbonyl (C=O) groups excluding carboxylic acids is 2. The van der Waals surface area contributed by atoms with Crippen LogP contribution in [0, 0.1) is 0 Å². The van der Waals surface area contributed by atoms with Crippen molar-refractivity contribution in [3.63, 3.8) is 0 Å². The van der Waals surface area contributed by atoms with Crippen molar-refractivity contribution in [3.8, 4) is 0 Å². The highest BCUT2D eigenvalue weighted by Crippen LogP contribution is 2.15. The summed E-state index contributed by atoms with van der Waals surface area (Å²) in [6, 6.07) is 6.25. The summed E-state index contributed by atoms with van der Waals surface area (Å²) in [6.45, 7) is 1.83. The summed E-state index contributed by atoms with van der Waals surface area (Å²) >= 11 is 11.4. The first-order valence-corrected chi connectivity index (χ1v) is 5.48. The monoisotopic (exact) mass is 260 g/mol. The molecule has 0 aliphatic heterocycles. The molecular weight excluding hydrogens is 251 g/mol. The summed E-state index contributed by atoms with van der Waals surface area (Å²) in [5.74, 6) is -1.25. The van der Waals surface area contributed by atoms with Crippen molar-refractivity contribution in [3.05, 3.63) is 34.9 Å². The average Bonchev–Trinajstić information content (AvgIpc) is 2.27. The molecule has 3 nitrogen and oxygen atoms in total. The number of alkyl halides is 1. The number of halogens is 2. The van der Waals surface area contributed by atoms with E-state index < -0.39 is 17.1 Å². The molecule has 0 saturated carbocycles. The average molecular weight is 261 g/mol. The molecule has 0 radical (unpaired) electrons. The Morgan fingerprint density at radius 3 is 2.69 bits per heavy atom. The van der Waals surface area contributed by atoms with Crippen molar-refractivity contribution >= 4 is 35.0 Å². The summed E-state index contributed by atoms with van der Waals surface area (Å²) < 4.78 is 4.65. The number of esters is 1. The quantitative estimate of drug-likeness (QED) is 0.362. The van der Waals surface area contributed by atoms with Crippen molar-refractivity contribution < 1.29 is 14.3 Å². The Labute approximate surface area is 103 Å². The number of Topliss-reactive ketones (excluding diaryl/α,β-unsaturated/α-hetero) is 1. The minimum absolute atomic E-state index is 0.185. The lowest BCUT2D eigenvalue weighted by molar-refractivity contribution is -0.141. The molecule has 0 bridgehead atoms. The summed E-state index contributed by atoms with van der Waals surface area (Å²) in [4.78, 5) is 23.0. The number of ether oxygens (including phenoxy) is 1. The van der Waals surface area contributed by atoms with Gasteiger partial charge in [-0.25, -0.2) is 4.79 Å². The van der Waals surface area contributed by atoms with Crippen LogP contribution < -0.4 is 0 Å². The lowest BCUT2D eigenvalue weighted by Gasteiger charge is -2.07. The predicted molar refractivity (Wildman–Crippen MR) is 62.1 cm³/mol. The van der Waals surface area contributed by atoms with Crippen LogP contribution in [0.25, 0.3) is 0 Å². The maximum Gasteiger partial charge on any atom is 0.332 e. The molecule has 5 heteroatoms. The smallest absolute Gasteiger partial charge is 0.332 e. The van der Waals surface area contributed by atoms with E-state index in [2.05, 4.69) is 4.74 Å². The third kappa shape index (κ3) is 3.22. The molecule has 0 amide bonds. The Morgan fingerprint density at radius 2 is 2.12 bits per heavy atom. The molecule has 0 saturated heterocycles. The molecule has 0 aliphatic carbocycles. The summed E-state index contributed by atoms with van der Waals surface area (Å²) in [5, 5.41) is -0.906. The van der Waals surface area contributed by atoms with Crippen molar-refractivity contribution in [2.75, 3.05) is 6.61 Å². The minimum Gasteiger partial charge on any atom is -0.465 e. The second kappa shape index (κ2) is 5.87. The first-order chi connectivity index (χ1) is 7.56. The van der Waals surface area contributed by atoms with Crippen LogP contribution in [0.4, 0.5) is 0 Å². The van der Waals surface area contributed by atoms with Gasteiger partial charge in [-0.15, -0.1) is 11.6 Å². The van der Waals surface area contributed by atoms with E-state index in [1.54, 1.807) is 25.1 Å². The fourth-order valence-corrected chi connectivity index (χ4v) is 1.49. The number of carbonyl (C=O) groups is 2. The van der Waals surface area contributed by atoms with E-state index in [4.69, 9.17) is 23.2 Å². The fraction of sp³-hybridized carbons (Fsp3) is 0.273. The van der Waals surface area contributed by atoms with Gasteiger partial charge in [0.15, 0.2) is 11.2 Å². The van der Waals surface area contributed by atoms with E-state index in [1.165, 1.54) is 6.07 Å². The zero-order chi connectivity index (χ0) is 12.1. The van der Waals surface area contributed by atoms with Gasteiger partial charge in [0.2, 0.25) is 0 Å². The first kappa shape index (κ1) is 13.0. The molecule has 0 fully saturated rings. The number of rotatable bonds is 4. The Kier molecular flexibility index (Phi) is 4.77. The molecule has 0 N–H and O–H groups in total. The molecule has 1 rings (SSSR count). The van der Waals surface area contributed by atoms with Gasteiger partial charge in [0.05, 0.1) is 6.61 Å². The van der Waals surface area contributed by atoms with Gasteiger partial charge >= 0.3 is 5.97 Å². The third-order valence-electron chi connectivity index (χ3n) is 1.83. The fourth-order valence-electron chi connectivity index (χ4n) is 1.11. The van der Waals surface area contributed by atoms with Gasteiger partial charge in [-0.2, -0.15) is 0 Å². The van der Waals surface area contributed by atoms with E-state index in [9.17, 15) is 9.59 Å². The van der Waals surface area contributed by atoms with Gasteiger partial charge in [0.1, 0.15) is 0 Å². The SMILES string of the molecule is CCOC(=O)C(Cl)C(=O)c1cccc(Cl)c1. The van der Waals surface area contributed by atoms with Gasteiger partial charge in [-0.3, -0.25) is 4.79 Å². The molecule has 86 valence electrons. The van der Waals surface area contributed by atoms with Gasteiger partial charge in [-0.1, -0.05) is 23.7 Å². The highest BCUT2D eigenvalue weighted by Gasteiger charge is 2.26. The Morgan fingerprint density at radius 1 is 1.44 bits per heavy atom. The summed E-state index contributed by atoms with van der Waals surface area (Å²) in [7, 11) is 0. The molecule has 1 aromatic carbocycles. The van der Waals surface area contributed by atoms with Crippen LogP contribution in [-0.4, -0.2) is 23.7 Å². The molecule has 0 aliphatic rings. The van der Waals surface area contributed by atoms with Gasteiger partial charge in [-0.05, 0) is 19.1 Å². The van der Waals surface area contributed by atoms with E-state index in [0.29, 0.717) is 10.6 Å². The zero-order valence-electron chi connectivity index (χ0n) is 8.57. The normalized spacial score (nSPS) is 11.9. The van der Waals surface area contributed by atoms with Gasteiger partial charge in [0.25, 0.3) is 0 Å². The van der Waals surface area contributed by atoms with E-state index in [-0.39, 0.29) is 6.61 Å². The topological polar surface area (TPSA) is 43.4 Å². The van der Waals surface area contributed by atoms with Crippen LogP contribution in [0.3, 0.4) is 0 Å². The Bertz CT molecular complexity index is 404. The molecule has 1 aromatic rings. The molecular formula is C11H10Cl2O3. The van der Waals surface area contributed by atoms with Crippen LogP contribution in [0.1, 0.15) is 17.3 Å². The van der Waals surface area contributed by atoms with Crippen LogP contribution in [0.5, 0.6) is 0 Å². The molecule has 1 atom stereocenters. The van der Waals surface area contributed by atoms with E-state index in [1.807, 2.05) is 0 Å². The van der Waals surface area contributed by atoms with Crippen molar-refractivity contribution in [2.45, 2.75) is 12.3 Å². The molecule has 0 heterocycles. The molecule has 0 aromatic heterocycles. The van der Waals surface area contributed by atoms with Crippen molar-refractivity contribution in [2.24, 2.45) is 0 Å². The van der Waals surface area contributed by atoms with E-state index in [0.717, 1.165) is 0 Å². The van der Waals surface area contributed by atoms with Gasteiger partial charge < -0.3 is 4.74 Å². The number of hydrogen-bond donors (Lipinski definition) is 0. The van der Waals surface area contributed by atoms with Crippen molar-refractivity contribution in [1.29, 1.82) is 0 Å². The maximum absolute atomic E-state index is 11.7. The largest absolute Gasteiger partial charge is 0.465 e. The van der Waals surface area contributed by atoms with Crippen LogP contribution in [0.2, 0.25) is 5.02 Å². The van der Waals surface area contributed by atoms with Crippen LogP contribution >= 0.6 is 23.2 Å². The maximum atomic E-state index is 11.7. The number of hydrogen-bond acceptors (Lipinski definition) is 3. The van der Waals surface area contributed by atoms with Crippen LogP contribution in [-0.2, 0) is 9.53 Å². The Hall–Kier alpha value is -1.06. The lowest BCUT2D eigenvalue weighted by Crippen LogP contribution is -2.26. The molecule has 0 spiro atoms. The standard InChI is InChI=1S/C11H10Cl2O3/c1-2-16-11(15)9(13)10(14)7-4-3-5-8(12)6-7/h3-6,9H,2H2,1H3. The third-order valence-corrected chi connectivity index (χ3v) is 2.44. The summed E-state index contributed by atoms with van der Waals surface area (Å²) in [6.07, 6.45) is 0. The van der Waals surface area contributed by atoms with Crippen molar-refractivity contribution in [1.82, 2.24) is 0 Å². The number of benzene rings is 1. The highest BCUT2D eigenvalue weighted by molar-refractivity contribution is 6.43. The highest BCUT2D eigenvalue weighted by atomic mass is 35.5. The predicted octanol–water partition coefficient (Wildman–Crippen LogP) is 2.69. The zero-order valence-corrected chi connectivity index (χ0v) is 10.1. The first-order valence-electron chi connectivity index (χ1n) is 4.66. The second-order valence-electron chi connectivity index (χ2n) is 2.99. The van der Waals surface area contributed by atoms with Gasteiger partial charge in [0, 0.05) is 10.6 Å². The minimum atomic E-state index is -1.32. The lowest BCUT2D eigenvalue weighted by atomic mass is 10.1. The second-order valence-corrected chi connectivity index (χ2v) is 3.86. The Balaban J connectivity index is 2.82. The van der Waals surface area contributed by atoms with E-state index >= 15 is 0 Å². The van der Waals surface area contributed by atoms with Crippen LogP contribution in [0.15, 0.2) is 24.3 Å². The molecule has 1 unspecified atom stereocenters. The molecule has 16 heavy (non-hydrogen) atoms. The number of ketones is 1. The summed E-state index contributed by atoms with van der Waals surface area (Å²) in [5.41, 5.74) is 0.292.